The van der Waals surface area contributed by atoms with Gasteiger partial charge >= 0.3 is 0 Å². The average molecular weight is 314 g/mol. The molecule has 1 aromatic carbocycles. The third kappa shape index (κ3) is 3.40. The van der Waals surface area contributed by atoms with Gasteiger partial charge in [-0.15, -0.1) is 0 Å². The van der Waals surface area contributed by atoms with Crippen LogP contribution >= 0.6 is 11.6 Å². The molecular formula is C17H13ClFN3. The van der Waals surface area contributed by atoms with Crippen molar-refractivity contribution in [3.05, 3.63) is 77.3 Å². The van der Waals surface area contributed by atoms with Gasteiger partial charge in [-0.25, -0.2) is 4.39 Å². The minimum atomic E-state index is -0.412. The van der Waals surface area contributed by atoms with E-state index in [0.29, 0.717) is 6.54 Å². The molecular weight excluding hydrogens is 301 g/mol. The molecule has 0 bridgehead atoms. The predicted molar refractivity (Wildman–Crippen MR) is 86.2 cm³/mol. The fourth-order valence-corrected chi connectivity index (χ4v) is 2.14. The molecule has 0 aliphatic rings. The van der Waals surface area contributed by atoms with Gasteiger partial charge in [0.15, 0.2) is 0 Å². The molecule has 0 atom stereocenters. The Balaban J connectivity index is 1.67. The smallest absolute Gasteiger partial charge is 0.142 e. The number of benzene rings is 1. The first kappa shape index (κ1) is 14.5. The number of hydrogen-bond donors (Lipinski definition) is 1. The molecule has 0 aliphatic carbocycles. The summed E-state index contributed by atoms with van der Waals surface area (Å²) in [6.07, 6.45) is 3.47. The van der Waals surface area contributed by atoms with E-state index >= 15 is 0 Å². The third-order valence-electron chi connectivity index (χ3n) is 3.17. The maximum absolute atomic E-state index is 13.4. The lowest BCUT2D eigenvalue weighted by atomic mass is 10.2. The molecule has 0 unspecified atom stereocenters. The first-order valence-electron chi connectivity index (χ1n) is 6.77. The molecule has 0 radical (unpaired) electrons. The van der Waals surface area contributed by atoms with E-state index in [9.17, 15) is 4.39 Å². The fraction of sp³-hybridized carbons (Fsp3) is 0.0588. The van der Waals surface area contributed by atoms with E-state index < -0.39 is 5.82 Å². The summed E-state index contributed by atoms with van der Waals surface area (Å²) in [6, 6.07) is 14.3. The molecule has 3 nitrogen and oxygen atoms in total. The zero-order valence-corrected chi connectivity index (χ0v) is 12.4. The van der Waals surface area contributed by atoms with Crippen LogP contribution in [0.15, 0.2) is 60.9 Å². The van der Waals surface area contributed by atoms with Crippen molar-refractivity contribution >= 4 is 17.3 Å². The van der Waals surface area contributed by atoms with Crippen molar-refractivity contribution in [2.45, 2.75) is 6.54 Å². The second-order valence-corrected chi connectivity index (χ2v) is 5.16. The highest BCUT2D eigenvalue weighted by molar-refractivity contribution is 6.30. The molecule has 5 heteroatoms. The standard InChI is InChI=1S/C17H13ClFN3/c18-14-6-4-12(9-15(14)19)10-21-13-5-7-17(22-11-13)16-3-1-2-8-20-16/h1-9,11,21H,10H2. The van der Waals surface area contributed by atoms with E-state index in [1.165, 1.54) is 6.07 Å². The predicted octanol–water partition coefficient (Wildman–Crippen LogP) is 4.55. The number of nitrogens with one attached hydrogen (secondary N) is 1. The Labute approximate surface area is 132 Å². The van der Waals surface area contributed by atoms with E-state index in [1.54, 1.807) is 24.5 Å². The van der Waals surface area contributed by atoms with Gasteiger partial charge in [0.25, 0.3) is 0 Å². The van der Waals surface area contributed by atoms with Crippen LogP contribution in [0.4, 0.5) is 10.1 Å². The van der Waals surface area contributed by atoms with Crippen molar-refractivity contribution in [1.29, 1.82) is 0 Å². The molecule has 2 aromatic heterocycles. The fourth-order valence-electron chi connectivity index (χ4n) is 2.02. The molecule has 0 amide bonds. The maximum Gasteiger partial charge on any atom is 0.142 e. The first-order valence-corrected chi connectivity index (χ1v) is 7.15. The van der Waals surface area contributed by atoms with Gasteiger partial charge in [-0.05, 0) is 42.0 Å². The van der Waals surface area contributed by atoms with Gasteiger partial charge in [-0.2, -0.15) is 0 Å². The summed E-state index contributed by atoms with van der Waals surface area (Å²) in [7, 11) is 0. The first-order chi connectivity index (χ1) is 10.7. The Bertz CT molecular complexity index is 761. The zero-order valence-electron chi connectivity index (χ0n) is 11.6. The minimum absolute atomic E-state index is 0.130. The van der Waals surface area contributed by atoms with Crippen LogP contribution in [0.25, 0.3) is 11.4 Å². The Hall–Kier alpha value is -2.46. The number of hydrogen-bond acceptors (Lipinski definition) is 3. The van der Waals surface area contributed by atoms with E-state index in [1.807, 2.05) is 30.3 Å². The highest BCUT2D eigenvalue weighted by Crippen LogP contribution is 2.18. The Morgan fingerprint density at radius 1 is 1.00 bits per heavy atom. The lowest BCUT2D eigenvalue weighted by Crippen LogP contribution is -2.00. The SMILES string of the molecule is Fc1cc(CNc2ccc(-c3ccccn3)nc2)ccc1Cl. The van der Waals surface area contributed by atoms with Gasteiger partial charge in [0.1, 0.15) is 5.82 Å². The summed E-state index contributed by atoms with van der Waals surface area (Å²) in [4.78, 5) is 8.63. The monoisotopic (exact) mass is 313 g/mol. The molecule has 110 valence electrons. The molecule has 1 N–H and O–H groups in total. The average Bonchev–Trinajstić information content (AvgIpc) is 2.57. The van der Waals surface area contributed by atoms with Gasteiger partial charge < -0.3 is 5.32 Å². The van der Waals surface area contributed by atoms with E-state index in [4.69, 9.17) is 11.6 Å². The number of anilines is 1. The Morgan fingerprint density at radius 2 is 1.86 bits per heavy atom. The third-order valence-corrected chi connectivity index (χ3v) is 3.48. The molecule has 0 saturated heterocycles. The summed E-state index contributed by atoms with van der Waals surface area (Å²) < 4.78 is 13.4. The molecule has 0 saturated carbocycles. The summed E-state index contributed by atoms with van der Waals surface area (Å²) >= 11 is 5.66. The van der Waals surface area contributed by atoms with Crippen LogP contribution in [0, 0.1) is 5.82 Å². The lowest BCUT2D eigenvalue weighted by Gasteiger charge is -2.07. The van der Waals surface area contributed by atoms with E-state index in [0.717, 1.165) is 22.6 Å². The summed E-state index contributed by atoms with van der Waals surface area (Å²) in [5.41, 5.74) is 3.31. The second-order valence-electron chi connectivity index (χ2n) is 4.75. The van der Waals surface area contributed by atoms with Crippen LogP contribution in [0.5, 0.6) is 0 Å². The van der Waals surface area contributed by atoms with Crippen molar-refractivity contribution in [1.82, 2.24) is 9.97 Å². The van der Waals surface area contributed by atoms with E-state index in [2.05, 4.69) is 15.3 Å². The van der Waals surface area contributed by atoms with Gasteiger partial charge in [-0.1, -0.05) is 23.7 Å². The van der Waals surface area contributed by atoms with Gasteiger partial charge in [-0.3, -0.25) is 9.97 Å². The molecule has 22 heavy (non-hydrogen) atoms. The van der Waals surface area contributed by atoms with Crippen LogP contribution in [0.1, 0.15) is 5.56 Å². The number of halogens is 2. The van der Waals surface area contributed by atoms with Crippen LogP contribution in [0.2, 0.25) is 5.02 Å². The van der Waals surface area contributed by atoms with Crippen LogP contribution in [-0.2, 0) is 6.54 Å². The highest BCUT2D eigenvalue weighted by Gasteiger charge is 2.02. The molecule has 3 aromatic rings. The summed E-state index contributed by atoms with van der Waals surface area (Å²) in [5.74, 6) is -0.412. The lowest BCUT2D eigenvalue weighted by molar-refractivity contribution is 0.626. The maximum atomic E-state index is 13.4. The van der Waals surface area contributed by atoms with Gasteiger partial charge in [0, 0.05) is 12.7 Å². The van der Waals surface area contributed by atoms with Crippen molar-refractivity contribution in [3.63, 3.8) is 0 Å². The van der Waals surface area contributed by atoms with Crippen LogP contribution in [-0.4, -0.2) is 9.97 Å². The molecule has 3 rings (SSSR count). The van der Waals surface area contributed by atoms with Crippen LogP contribution in [0.3, 0.4) is 0 Å². The molecule has 0 spiro atoms. The van der Waals surface area contributed by atoms with Crippen molar-refractivity contribution in [2.75, 3.05) is 5.32 Å². The van der Waals surface area contributed by atoms with Gasteiger partial charge in [0.2, 0.25) is 0 Å². The Morgan fingerprint density at radius 3 is 2.55 bits per heavy atom. The van der Waals surface area contributed by atoms with Crippen molar-refractivity contribution in [3.8, 4) is 11.4 Å². The number of rotatable bonds is 4. The molecule has 2 heterocycles. The summed E-state index contributed by atoms with van der Waals surface area (Å²) in [6.45, 7) is 0.499. The molecule has 0 aliphatic heterocycles. The normalized spacial score (nSPS) is 10.5. The number of nitrogens with zero attached hydrogens (tertiary/aromatic N) is 2. The number of aromatic nitrogens is 2. The number of pyridine rings is 2. The topological polar surface area (TPSA) is 37.8 Å². The molecule has 0 fully saturated rings. The van der Waals surface area contributed by atoms with Crippen molar-refractivity contribution in [2.24, 2.45) is 0 Å². The Kier molecular flexibility index (Phi) is 4.30. The highest BCUT2D eigenvalue weighted by atomic mass is 35.5. The van der Waals surface area contributed by atoms with Crippen LogP contribution < -0.4 is 5.32 Å². The quantitative estimate of drug-likeness (QED) is 0.768. The van der Waals surface area contributed by atoms with E-state index in [-0.39, 0.29) is 5.02 Å². The zero-order chi connectivity index (χ0) is 15.4. The second kappa shape index (κ2) is 6.54. The largest absolute Gasteiger partial charge is 0.380 e. The minimum Gasteiger partial charge on any atom is -0.380 e. The summed E-state index contributed by atoms with van der Waals surface area (Å²) in [5, 5.41) is 3.32. The van der Waals surface area contributed by atoms with Crippen molar-refractivity contribution < 1.29 is 4.39 Å². The van der Waals surface area contributed by atoms with Gasteiger partial charge in [0.05, 0.1) is 28.3 Å².